The standard InChI is InChI=1S/C78H73B2N3O4/c1-73(2)67-46-52(79-84-75(5,6)76(7,8)85-79)30-41-61(67)63-43-38-59(48-69(63)73)82(60-39-44-64-62-42-31-53(47-68(62)74(3,4)70(64)49-60)80-86-77(9,10)78(11,12)87-80)56-32-27-50(28-33-56)51-29-40-66-65-25-19-20-26-71(65)83(72(66)45-51)58-36-34-57(35-37-58)81(54-21-15-13-16-22-54)55-23-17-14-18-24-55/h13-49H,1-12H3. The minimum Gasteiger partial charge on any atom is -0.399 e. The first-order valence-corrected chi connectivity index (χ1v) is 30.8. The summed E-state index contributed by atoms with van der Waals surface area (Å²) in [6, 6.07) is 82.8. The highest BCUT2D eigenvalue weighted by Gasteiger charge is 2.53. The van der Waals surface area contributed by atoms with Gasteiger partial charge >= 0.3 is 14.2 Å². The second-order valence-electron chi connectivity index (χ2n) is 27.5. The van der Waals surface area contributed by atoms with Crippen molar-refractivity contribution < 1.29 is 18.6 Å². The van der Waals surface area contributed by atoms with Crippen LogP contribution in [0.4, 0.5) is 34.1 Å². The van der Waals surface area contributed by atoms with Crippen LogP contribution in [0.2, 0.25) is 0 Å². The lowest BCUT2D eigenvalue weighted by molar-refractivity contribution is 0.00578. The molecule has 2 fully saturated rings. The maximum atomic E-state index is 6.60. The number of hydrogen-bond acceptors (Lipinski definition) is 6. The van der Waals surface area contributed by atoms with Crippen molar-refractivity contribution in [2.75, 3.05) is 9.80 Å². The molecule has 0 spiro atoms. The largest absolute Gasteiger partial charge is 0.494 e. The van der Waals surface area contributed by atoms with E-state index in [0.717, 1.165) is 67.4 Å². The van der Waals surface area contributed by atoms with Crippen molar-refractivity contribution in [3.63, 3.8) is 0 Å². The number of nitrogens with zero attached hydrogens (tertiary/aromatic N) is 3. The van der Waals surface area contributed by atoms with Gasteiger partial charge in [0.15, 0.2) is 0 Å². The van der Waals surface area contributed by atoms with Crippen LogP contribution in [-0.2, 0) is 29.4 Å². The molecule has 4 aliphatic rings. The zero-order valence-corrected chi connectivity index (χ0v) is 52.0. The molecule has 0 N–H and O–H groups in total. The molecule has 0 amide bonds. The third-order valence-corrected chi connectivity index (χ3v) is 20.5. The van der Waals surface area contributed by atoms with Gasteiger partial charge in [0.1, 0.15) is 0 Å². The fraction of sp³-hybridized carbons (Fsp3) is 0.231. The van der Waals surface area contributed by atoms with Crippen LogP contribution < -0.4 is 20.7 Å². The summed E-state index contributed by atoms with van der Waals surface area (Å²) in [5, 5.41) is 2.44. The van der Waals surface area contributed by atoms with Crippen LogP contribution in [-0.4, -0.2) is 41.2 Å². The van der Waals surface area contributed by atoms with Crippen molar-refractivity contribution in [2.24, 2.45) is 0 Å². The molecule has 2 saturated heterocycles. The molecule has 2 aliphatic carbocycles. The predicted molar refractivity (Wildman–Crippen MR) is 362 cm³/mol. The van der Waals surface area contributed by atoms with Crippen molar-refractivity contribution in [1.29, 1.82) is 0 Å². The zero-order chi connectivity index (χ0) is 60.2. The van der Waals surface area contributed by atoms with Crippen molar-refractivity contribution >= 4 is 81.1 Å². The van der Waals surface area contributed by atoms with E-state index in [2.05, 4.69) is 322 Å². The summed E-state index contributed by atoms with van der Waals surface area (Å²) >= 11 is 0. The molecule has 7 nitrogen and oxygen atoms in total. The van der Waals surface area contributed by atoms with E-state index in [1.54, 1.807) is 0 Å². The van der Waals surface area contributed by atoms with Crippen LogP contribution in [0, 0.1) is 0 Å². The molecule has 15 rings (SSSR count). The number of fused-ring (bicyclic) bond motifs is 9. The van der Waals surface area contributed by atoms with Gasteiger partial charge in [-0.1, -0.05) is 155 Å². The van der Waals surface area contributed by atoms with Gasteiger partial charge in [-0.2, -0.15) is 0 Å². The van der Waals surface area contributed by atoms with Crippen LogP contribution in [0.3, 0.4) is 0 Å². The number of para-hydroxylation sites is 3. The molecular weight excluding hydrogens is 1060 g/mol. The van der Waals surface area contributed by atoms with Gasteiger partial charge in [0, 0.05) is 61.4 Å². The molecule has 10 aromatic carbocycles. The van der Waals surface area contributed by atoms with E-state index in [-0.39, 0.29) is 10.8 Å². The number of hydrogen-bond donors (Lipinski definition) is 0. The highest BCUT2D eigenvalue weighted by molar-refractivity contribution is 6.62. The predicted octanol–water partition coefficient (Wildman–Crippen LogP) is 18.6. The topological polar surface area (TPSA) is 48.3 Å². The SMILES string of the molecule is CC1(C)c2cc(B3OC(C)(C)C(C)(C)O3)ccc2-c2ccc(N(c3ccc(-c4ccc5c6ccccc6n(-c6ccc(N(c7ccccc7)c7ccccc7)cc6)c5c4)cc3)c3ccc4c(c3)C(C)(C)c3cc(B5OC(C)(C)C(C)(C)O5)ccc3-4)cc21. The molecule has 9 heteroatoms. The maximum absolute atomic E-state index is 6.60. The summed E-state index contributed by atoms with van der Waals surface area (Å²) in [5.41, 5.74) is 22.2. The van der Waals surface area contributed by atoms with Crippen LogP contribution >= 0.6 is 0 Å². The lowest BCUT2D eigenvalue weighted by Crippen LogP contribution is -2.41. The summed E-state index contributed by atoms with van der Waals surface area (Å²) in [6.45, 7) is 26.4. The molecule has 0 radical (unpaired) electrons. The Kier molecular flexibility index (Phi) is 12.4. The van der Waals surface area contributed by atoms with Crippen LogP contribution in [0.5, 0.6) is 0 Å². The number of rotatable bonds is 10. The second-order valence-corrected chi connectivity index (χ2v) is 27.5. The molecule has 0 atom stereocenters. The first kappa shape index (κ1) is 55.2. The minimum atomic E-state index is -0.443. The third kappa shape index (κ3) is 8.71. The average molecular weight is 1140 g/mol. The molecule has 0 unspecified atom stereocenters. The third-order valence-electron chi connectivity index (χ3n) is 20.5. The molecule has 11 aromatic rings. The quantitative estimate of drug-likeness (QED) is 0.127. The van der Waals surface area contributed by atoms with E-state index in [1.165, 1.54) is 60.8 Å². The molecule has 430 valence electrons. The summed E-state index contributed by atoms with van der Waals surface area (Å²) in [7, 11) is -0.886. The Hall–Kier alpha value is -8.43. The number of anilines is 6. The van der Waals surface area contributed by atoms with Gasteiger partial charge in [-0.05, 0) is 219 Å². The molecule has 0 saturated carbocycles. The Balaban J connectivity index is 0.811. The van der Waals surface area contributed by atoms with Gasteiger partial charge in [0.2, 0.25) is 0 Å². The Bertz CT molecular complexity index is 4330. The van der Waals surface area contributed by atoms with Gasteiger partial charge in [0.05, 0.1) is 33.4 Å². The molecule has 2 aliphatic heterocycles. The van der Waals surface area contributed by atoms with Gasteiger partial charge < -0.3 is 33.0 Å². The zero-order valence-electron chi connectivity index (χ0n) is 52.0. The van der Waals surface area contributed by atoms with Gasteiger partial charge in [0.25, 0.3) is 0 Å². The smallest absolute Gasteiger partial charge is 0.399 e. The highest BCUT2D eigenvalue weighted by atomic mass is 16.7. The van der Waals surface area contributed by atoms with Crippen LogP contribution in [0.15, 0.2) is 224 Å². The summed E-state index contributed by atoms with van der Waals surface area (Å²) in [6.07, 6.45) is 0. The monoisotopic (exact) mass is 1140 g/mol. The van der Waals surface area contributed by atoms with E-state index in [9.17, 15) is 0 Å². The summed E-state index contributed by atoms with van der Waals surface area (Å²) < 4.78 is 28.8. The fourth-order valence-electron chi connectivity index (χ4n) is 14.0. The average Bonchev–Trinajstić information content (AvgIpc) is 1.62. The van der Waals surface area contributed by atoms with E-state index in [1.807, 2.05) is 0 Å². The first-order valence-electron chi connectivity index (χ1n) is 30.8. The molecule has 3 heterocycles. The Labute approximate surface area is 513 Å². The lowest BCUT2D eigenvalue weighted by atomic mass is 9.74. The first-order chi connectivity index (χ1) is 41.6. The van der Waals surface area contributed by atoms with Crippen LogP contribution in [0.25, 0.3) is 60.9 Å². The van der Waals surface area contributed by atoms with Gasteiger partial charge in [-0.15, -0.1) is 0 Å². The summed E-state index contributed by atoms with van der Waals surface area (Å²) in [5.74, 6) is 0. The molecule has 0 bridgehead atoms. The Morgan fingerprint density at radius 3 is 1.13 bits per heavy atom. The van der Waals surface area contributed by atoms with E-state index in [4.69, 9.17) is 18.6 Å². The number of aromatic nitrogens is 1. The second kappa shape index (κ2) is 19.5. The van der Waals surface area contributed by atoms with Crippen molar-refractivity contribution in [1.82, 2.24) is 4.57 Å². The molecular formula is C78H73B2N3O4. The lowest BCUT2D eigenvalue weighted by Gasteiger charge is -2.32. The number of benzene rings is 10. The van der Waals surface area contributed by atoms with Crippen molar-refractivity contribution in [3.05, 3.63) is 247 Å². The highest BCUT2D eigenvalue weighted by Crippen LogP contribution is 2.54. The Morgan fingerprint density at radius 1 is 0.299 bits per heavy atom. The fourth-order valence-corrected chi connectivity index (χ4v) is 14.0. The van der Waals surface area contributed by atoms with E-state index in [0.29, 0.717) is 0 Å². The molecule has 87 heavy (non-hydrogen) atoms. The maximum Gasteiger partial charge on any atom is 0.494 e. The normalized spacial score (nSPS) is 17.7. The van der Waals surface area contributed by atoms with Gasteiger partial charge in [-0.3, -0.25) is 0 Å². The minimum absolute atomic E-state index is 0.305. The summed E-state index contributed by atoms with van der Waals surface area (Å²) in [4.78, 5) is 4.76. The van der Waals surface area contributed by atoms with Crippen molar-refractivity contribution in [3.8, 4) is 39.1 Å². The van der Waals surface area contributed by atoms with Crippen LogP contribution in [0.1, 0.15) is 105 Å². The van der Waals surface area contributed by atoms with E-state index < -0.39 is 36.6 Å². The van der Waals surface area contributed by atoms with Gasteiger partial charge in [-0.25, -0.2) is 0 Å². The van der Waals surface area contributed by atoms with Crippen molar-refractivity contribution in [2.45, 2.75) is 116 Å². The molecule has 1 aromatic heterocycles. The Morgan fingerprint density at radius 2 is 0.655 bits per heavy atom. The van der Waals surface area contributed by atoms with E-state index >= 15 is 0 Å².